The van der Waals surface area contributed by atoms with Crippen LogP contribution >= 0.6 is 0 Å². The third-order valence-electron chi connectivity index (χ3n) is 3.21. The highest BCUT2D eigenvalue weighted by atomic mass is 16.3. The smallest absolute Gasteiger partial charge is 0.251 e. The van der Waals surface area contributed by atoms with Crippen molar-refractivity contribution in [3.63, 3.8) is 0 Å². The normalized spacial score (nSPS) is 11.8. The van der Waals surface area contributed by atoms with Gasteiger partial charge >= 0.3 is 0 Å². The van der Waals surface area contributed by atoms with Gasteiger partial charge in [-0.15, -0.1) is 0 Å². The maximum absolute atomic E-state index is 11.8. The zero-order valence-electron chi connectivity index (χ0n) is 12.0. The summed E-state index contributed by atoms with van der Waals surface area (Å²) in [5.74, 6) is -0.157. The minimum atomic E-state index is -0.179. The summed E-state index contributed by atoms with van der Waals surface area (Å²) in [5.41, 5.74) is 0.616. The minimum absolute atomic E-state index is 0.0273. The van der Waals surface area contributed by atoms with Gasteiger partial charge in [0.25, 0.3) is 5.91 Å². The summed E-state index contributed by atoms with van der Waals surface area (Å²) >= 11 is 0. The van der Waals surface area contributed by atoms with Crippen LogP contribution in [0.2, 0.25) is 0 Å². The molecule has 0 spiro atoms. The number of amides is 2. The van der Waals surface area contributed by atoms with E-state index in [-0.39, 0.29) is 24.5 Å². The molecule has 1 atom stereocenters. The number of hydrogen-bond acceptors (Lipinski definition) is 3. The summed E-state index contributed by atoms with van der Waals surface area (Å²) in [6.45, 7) is 2.20. The summed E-state index contributed by atoms with van der Waals surface area (Å²) < 4.78 is 0. The van der Waals surface area contributed by atoms with Crippen molar-refractivity contribution in [2.24, 2.45) is 0 Å². The number of hydrogen-bond donors (Lipinski definition) is 2. The number of aliphatic hydroxyl groups is 1. The molecule has 0 saturated carbocycles. The van der Waals surface area contributed by atoms with Gasteiger partial charge in [0.1, 0.15) is 0 Å². The molecule has 0 radical (unpaired) electrons. The molecule has 1 aromatic rings. The number of likely N-dealkylation sites (N-methyl/N-ethyl adjacent to an activating group) is 1. The van der Waals surface area contributed by atoms with E-state index >= 15 is 0 Å². The lowest BCUT2D eigenvalue weighted by Gasteiger charge is -2.23. The van der Waals surface area contributed by atoms with E-state index in [2.05, 4.69) is 5.32 Å². The summed E-state index contributed by atoms with van der Waals surface area (Å²) in [5, 5.41) is 11.8. The van der Waals surface area contributed by atoms with Crippen LogP contribution in [-0.4, -0.2) is 48.1 Å². The number of benzene rings is 1. The van der Waals surface area contributed by atoms with Gasteiger partial charge in [-0.05, 0) is 25.5 Å². The van der Waals surface area contributed by atoms with E-state index in [0.717, 1.165) is 0 Å². The highest BCUT2D eigenvalue weighted by Gasteiger charge is 2.14. The standard InChI is InChI=1S/C15H22N2O3/c1-12(11-18)17(2)14(19)9-6-10-16-15(20)13-7-4-3-5-8-13/h3-5,7-8,12,18H,6,9-11H2,1-2H3,(H,16,20). The van der Waals surface area contributed by atoms with Gasteiger partial charge in [-0.1, -0.05) is 18.2 Å². The lowest BCUT2D eigenvalue weighted by Crippen LogP contribution is -2.37. The maximum atomic E-state index is 11.8. The molecule has 1 rings (SSSR count). The summed E-state index contributed by atoms with van der Waals surface area (Å²) in [4.78, 5) is 25.0. The fourth-order valence-electron chi connectivity index (χ4n) is 1.68. The molecule has 1 aromatic carbocycles. The largest absolute Gasteiger partial charge is 0.394 e. The van der Waals surface area contributed by atoms with Crippen LogP contribution in [0.3, 0.4) is 0 Å². The second kappa shape index (κ2) is 8.32. The van der Waals surface area contributed by atoms with Gasteiger partial charge in [-0.2, -0.15) is 0 Å². The fourth-order valence-corrected chi connectivity index (χ4v) is 1.68. The Bertz CT molecular complexity index is 434. The lowest BCUT2D eigenvalue weighted by molar-refractivity contribution is -0.132. The van der Waals surface area contributed by atoms with Gasteiger partial charge in [0.05, 0.1) is 12.6 Å². The first-order valence-electron chi connectivity index (χ1n) is 6.76. The predicted molar refractivity (Wildman–Crippen MR) is 77.3 cm³/mol. The molecule has 0 aliphatic heterocycles. The number of aliphatic hydroxyl groups excluding tert-OH is 1. The fraction of sp³-hybridized carbons (Fsp3) is 0.467. The zero-order valence-corrected chi connectivity index (χ0v) is 12.0. The first-order valence-corrected chi connectivity index (χ1v) is 6.76. The Balaban J connectivity index is 2.25. The molecule has 0 aliphatic carbocycles. The van der Waals surface area contributed by atoms with Crippen LogP contribution in [0, 0.1) is 0 Å². The van der Waals surface area contributed by atoms with Gasteiger partial charge in [0.15, 0.2) is 0 Å². The number of carbonyl (C=O) groups excluding carboxylic acids is 2. The molecule has 1 unspecified atom stereocenters. The number of carbonyl (C=O) groups is 2. The monoisotopic (exact) mass is 278 g/mol. The van der Waals surface area contributed by atoms with Crippen molar-refractivity contribution in [1.82, 2.24) is 10.2 Å². The SMILES string of the molecule is CC(CO)N(C)C(=O)CCCNC(=O)c1ccccc1. The number of nitrogens with zero attached hydrogens (tertiary/aromatic N) is 1. The molecular weight excluding hydrogens is 256 g/mol. The average Bonchev–Trinajstić information content (AvgIpc) is 2.50. The Morgan fingerprint density at radius 3 is 2.55 bits per heavy atom. The van der Waals surface area contributed by atoms with E-state index in [9.17, 15) is 9.59 Å². The molecule has 0 fully saturated rings. The van der Waals surface area contributed by atoms with Crippen molar-refractivity contribution in [2.75, 3.05) is 20.2 Å². The third-order valence-corrected chi connectivity index (χ3v) is 3.21. The Morgan fingerprint density at radius 1 is 1.30 bits per heavy atom. The van der Waals surface area contributed by atoms with E-state index in [4.69, 9.17) is 5.11 Å². The Labute approximate surface area is 119 Å². The van der Waals surface area contributed by atoms with Crippen molar-refractivity contribution >= 4 is 11.8 Å². The Hall–Kier alpha value is -1.88. The molecular formula is C15H22N2O3. The lowest BCUT2D eigenvalue weighted by atomic mass is 10.2. The predicted octanol–water partition coefficient (Wildman–Crippen LogP) is 1.04. The van der Waals surface area contributed by atoms with E-state index < -0.39 is 0 Å². The molecule has 110 valence electrons. The molecule has 5 heteroatoms. The third kappa shape index (κ3) is 5.01. The second-order valence-electron chi connectivity index (χ2n) is 4.76. The first kappa shape index (κ1) is 16.2. The average molecular weight is 278 g/mol. The van der Waals surface area contributed by atoms with Crippen molar-refractivity contribution < 1.29 is 14.7 Å². The van der Waals surface area contributed by atoms with Gasteiger partial charge in [-0.25, -0.2) is 0 Å². The van der Waals surface area contributed by atoms with Gasteiger partial charge in [0.2, 0.25) is 5.91 Å². The first-order chi connectivity index (χ1) is 9.56. The molecule has 0 aliphatic rings. The molecule has 5 nitrogen and oxygen atoms in total. The number of nitrogens with one attached hydrogen (secondary N) is 1. The zero-order chi connectivity index (χ0) is 15.0. The second-order valence-corrected chi connectivity index (χ2v) is 4.76. The van der Waals surface area contributed by atoms with Crippen molar-refractivity contribution in [3.05, 3.63) is 35.9 Å². The highest BCUT2D eigenvalue weighted by Crippen LogP contribution is 2.01. The van der Waals surface area contributed by atoms with Crippen LogP contribution in [0.5, 0.6) is 0 Å². The van der Waals surface area contributed by atoms with Crippen molar-refractivity contribution in [1.29, 1.82) is 0 Å². The summed E-state index contributed by atoms with van der Waals surface area (Å²) in [6, 6.07) is 8.79. The van der Waals surface area contributed by atoms with Crippen LogP contribution in [0.1, 0.15) is 30.1 Å². The van der Waals surface area contributed by atoms with Crippen molar-refractivity contribution in [2.45, 2.75) is 25.8 Å². The van der Waals surface area contributed by atoms with E-state index in [0.29, 0.717) is 24.9 Å². The molecule has 0 aromatic heterocycles. The Kier molecular flexibility index (Phi) is 6.73. The molecule has 20 heavy (non-hydrogen) atoms. The summed E-state index contributed by atoms with van der Waals surface area (Å²) in [7, 11) is 1.67. The van der Waals surface area contributed by atoms with Crippen LogP contribution in [0.15, 0.2) is 30.3 Å². The molecule has 0 heterocycles. The van der Waals surface area contributed by atoms with E-state index in [1.54, 1.807) is 26.1 Å². The summed E-state index contributed by atoms with van der Waals surface area (Å²) in [6.07, 6.45) is 0.940. The molecule has 0 saturated heterocycles. The van der Waals surface area contributed by atoms with Gasteiger partial charge < -0.3 is 15.3 Å². The van der Waals surface area contributed by atoms with Crippen molar-refractivity contribution in [3.8, 4) is 0 Å². The molecule has 0 bridgehead atoms. The van der Waals surface area contributed by atoms with E-state index in [1.807, 2.05) is 18.2 Å². The van der Waals surface area contributed by atoms with Crippen LogP contribution in [-0.2, 0) is 4.79 Å². The number of rotatable bonds is 7. The minimum Gasteiger partial charge on any atom is -0.394 e. The van der Waals surface area contributed by atoms with Crippen LogP contribution in [0.25, 0.3) is 0 Å². The topological polar surface area (TPSA) is 69.6 Å². The quantitative estimate of drug-likeness (QED) is 0.732. The Morgan fingerprint density at radius 2 is 1.95 bits per heavy atom. The van der Waals surface area contributed by atoms with Gasteiger partial charge in [-0.3, -0.25) is 9.59 Å². The van der Waals surface area contributed by atoms with Gasteiger partial charge in [0, 0.05) is 25.6 Å². The molecule has 2 amide bonds. The van der Waals surface area contributed by atoms with Crippen LogP contribution in [0.4, 0.5) is 0 Å². The maximum Gasteiger partial charge on any atom is 0.251 e. The highest BCUT2D eigenvalue weighted by molar-refractivity contribution is 5.94. The molecule has 2 N–H and O–H groups in total. The van der Waals surface area contributed by atoms with E-state index in [1.165, 1.54) is 4.90 Å². The van der Waals surface area contributed by atoms with Crippen LogP contribution < -0.4 is 5.32 Å².